The monoisotopic (exact) mass is 287 g/mol. The molecule has 0 atom stereocenters. The molecule has 13 heavy (non-hydrogen) atoms. The average molecular weight is 288 g/mol. The predicted octanol–water partition coefficient (Wildman–Crippen LogP) is 2.86. The predicted molar refractivity (Wildman–Crippen MR) is 55.4 cm³/mol. The van der Waals surface area contributed by atoms with Crippen LogP contribution in [-0.4, -0.2) is 11.2 Å². The third-order valence-corrected chi connectivity index (χ3v) is 1.20. The molecule has 4 heteroatoms. The van der Waals surface area contributed by atoms with Gasteiger partial charge in [0.2, 0.25) is 0 Å². The van der Waals surface area contributed by atoms with Gasteiger partial charge in [0, 0.05) is 6.20 Å². The number of aliphatic imine (C=N–C) groups is 1. The maximum atomic E-state index is 4.57. The van der Waals surface area contributed by atoms with Crippen molar-refractivity contribution in [1.29, 1.82) is 0 Å². The van der Waals surface area contributed by atoms with Crippen LogP contribution in [0.25, 0.3) is 0 Å². The molecular formula is C9H13ClN2Rh-2. The molecule has 1 rings (SSSR count). The first-order valence-electron chi connectivity index (χ1n) is 3.27. The molecule has 1 aromatic rings. The summed E-state index contributed by atoms with van der Waals surface area (Å²) in [5.41, 5.74) is 1.08. The molecule has 0 spiro atoms. The van der Waals surface area contributed by atoms with Gasteiger partial charge in [0.15, 0.2) is 0 Å². The van der Waals surface area contributed by atoms with Gasteiger partial charge in [-0.2, -0.15) is 6.21 Å². The molecule has 0 aliphatic heterocycles. The molecule has 0 amide bonds. The summed E-state index contributed by atoms with van der Waals surface area (Å²) in [4.78, 5) is 7.98. The standard InChI is InChI=1S/C8H9N2.CH3.ClH.Rh.H/c1-3-9-8-7(2)5-4-6-10-8;;;;/h4-6H,1-2H3;1H3;1H;;/q2*-1;;+1;/p-1. The van der Waals surface area contributed by atoms with Crippen LogP contribution in [0.1, 0.15) is 12.5 Å². The van der Waals surface area contributed by atoms with E-state index in [2.05, 4.69) is 25.9 Å². The molecule has 1 heterocycles. The summed E-state index contributed by atoms with van der Waals surface area (Å²) in [5, 5.41) is 0. The van der Waals surface area contributed by atoms with Crippen molar-refractivity contribution in [2.75, 3.05) is 0 Å². The normalized spacial score (nSPS) is 8.69. The van der Waals surface area contributed by atoms with Crippen molar-refractivity contribution in [2.24, 2.45) is 4.99 Å². The Balaban J connectivity index is 0. The van der Waals surface area contributed by atoms with Gasteiger partial charge in [0.25, 0.3) is 0 Å². The van der Waals surface area contributed by atoms with Gasteiger partial charge in [0.1, 0.15) is 0 Å². The Labute approximate surface area is 94.2 Å². The number of halogens is 1. The number of hydrogen-bond donors (Lipinski definition) is 0. The Hall–Kier alpha value is -0.267. The minimum atomic E-state index is 0. The molecule has 0 fully saturated rings. The van der Waals surface area contributed by atoms with Crippen molar-refractivity contribution in [3.8, 4) is 0 Å². The molecule has 0 aliphatic carbocycles. The van der Waals surface area contributed by atoms with Crippen LogP contribution >= 0.6 is 9.69 Å². The third-order valence-electron chi connectivity index (χ3n) is 1.20. The number of aromatic nitrogens is 1. The van der Waals surface area contributed by atoms with Crippen LogP contribution in [0.5, 0.6) is 0 Å². The molecule has 77 valence electrons. The summed E-state index contributed by atoms with van der Waals surface area (Å²) in [6.07, 6.45) is 4.41. The van der Waals surface area contributed by atoms with Gasteiger partial charge < -0.3 is 17.4 Å². The Morgan fingerprint density at radius 2 is 2.15 bits per heavy atom. The summed E-state index contributed by atoms with van der Waals surface area (Å²) in [7, 11) is 4.57. The zero-order valence-corrected chi connectivity index (χ0v) is 10.4. The summed E-state index contributed by atoms with van der Waals surface area (Å²) in [6, 6.07) is 3.87. The van der Waals surface area contributed by atoms with Crippen LogP contribution in [0, 0.1) is 14.4 Å². The van der Waals surface area contributed by atoms with E-state index in [1.165, 1.54) is 0 Å². The number of hydrogen-bond acceptors (Lipinski definition) is 2. The topological polar surface area (TPSA) is 25.2 Å². The number of rotatable bonds is 1. The van der Waals surface area contributed by atoms with Gasteiger partial charge in [-0.3, -0.25) is 0 Å². The Kier molecular flexibility index (Phi) is 11.5. The Bertz CT molecular complexity index is 251. The van der Waals surface area contributed by atoms with Crippen molar-refractivity contribution < 1.29 is 17.3 Å². The van der Waals surface area contributed by atoms with Crippen molar-refractivity contribution in [1.82, 2.24) is 4.98 Å². The quantitative estimate of drug-likeness (QED) is 0.443. The second-order valence-corrected chi connectivity index (χ2v) is 1.98. The zero-order valence-electron chi connectivity index (χ0n) is 7.86. The molecule has 0 bridgehead atoms. The van der Waals surface area contributed by atoms with E-state index in [1.807, 2.05) is 36.4 Å². The van der Waals surface area contributed by atoms with Crippen LogP contribution in [0.15, 0.2) is 23.3 Å². The Morgan fingerprint density at radius 1 is 1.54 bits per heavy atom. The van der Waals surface area contributed by atoms with Crippen molar-refractivity contribution in [2.45, 2.75) is 13.8 Å². The molecule has 0 unspecified atom stereocenters. The summed E-state index contributed by atoms with van der Waals surface area (Å²) in [6.45, 7) is 3.73. The molecule has 2 nitrogen and oxygen atoms in total. The van der Waals surface area contributed by atoms with Crippen molar-refractivity contribution >= 4 is 21.7 Å². The number of aryl methyl sites for hydroxylation is 1. The second-order valence-electron chi connectivity index (χ2n) is 1.98. The number of nitrogens with zero attached hydrogens (tertiary/aromatic N) is 2. The van der Waals surface area contributed by atoms with E-state index >= 15 is 0 Å². The molecule has 0 aliphatic rings. The van der Waals surface area contributed by atoms with E-state index < -0.39 is 0 Å². The molecular weight excluding hydrogens is 274 g/mol. The molecule has 0 saturated carbocycles. The fourth-order valence-corrected chi connectivity index (χ4v) is 0.700. The molecule has 0 aromatic carbocycles. The fraction of sp³-hybridized carbons (Fsp3) is 0.222. The summed E-state index contributed by atoms with van der Waals surface area (Å²) >= 11 is 1.82. The van der Waals surface area contributed by atoms with E-state index in [1.54, 1.807) is 13.1 Å². The first-order valence-corrected chi connectivity index (χ1v) is 5.51. The molecule has 1 aromatic heterocycles. The van der Waals surface area contributed by atoms with Gasteiger partial charge >= 0.3 is 27.0 Å². The fourth-order valence-electron chi connectivity index (χ4n) is 0.700. The van der Waals surface area contributed by atoms with Crippen LogP contribution in [0.4, 0.5) is 5.82 Å². The molecule has 0 radical (unpaired) electrons. The van der Waals surface area contributed by atoms with E-state index in [4.69, 9.17) is 0 Å². The van der Waals surface area contributed by atoms with Gasteiger partial charge in [-0.1, -0.05) is 18.6 Å². The third kappa shape index (κ3) is 5.89. The van der Waals surface area contributed by atoms with E-state index in [0.29, 0.717) is 0 Å². The maximum absolute atomic E-state index is 4.57. The van der Waals surface area contributed by atoms with Crippen LogP contribution in [-0.2, 0) is 17.3 Å². The Morgan fingerprint density at radius 3 is 2.62 bits per heavy atom. The van der Waals surface area contributed by atoms with Gasteiger partial charge in [0.05, 0.1) is 0 Å². The van der Waals surface area contributed by atoms with Gasteiger partial charge in [-0.15, -0.1) is 6.92 Å². The number of pyridine rings is 1. The first kappa shape index (κ1) is 15.2. The minimum absolute atomic E-state index is 0. The molecule has 0 N–H and O–H groups in total. The second kappa shape index (κ2) is 9.82. The van der Waals surface area contributed by atoms with E-state index in [0.717, 1.165) is 11.4 Å². The van der Waals surface area contributed by atoms with Crippen molar-refractivity contribution in [3.63, 3.8) is 0 Å². The molecule has 0 saturated heterocycles. The van der Waals surface area contributed by atoms with Crippen LogP contribution in [0.2, 0.25) is 0 Å². The van der Waals surface area contributed by atoms with Gasteiger partial charge in [-0.25, -0.2) is 0 Å². The van der Waals surface area contributed by atoms with Crippen molar-refractivity contribution in [3.05, 3.63) is 31.3 Å². The van der Waals surface area contributed by atoms with E-state index in [9.17, 15) is 0 Å². The SMILES string of the molecule is C[C-]=Nc1ncccc1C.[CH3-].[Cl][RhH]. The van der Waals surface area contributed by atoms with Crippen LogP contribution in [0.3, 0.4) is 0 Å². The summed E-state index contributed by atoms with van der Waals surface area (Å²) in [5.74, 6) is 0.755. The van der Waals surface area contributed by atoms with Gasteiger partial charge in [-0.05, 0) is 11.9 Å². The average Bonchev–Trinajstić information content (AvgIpc) is 2.13. The van der Waals surface area contributed by atoms with E-state index in [-0.39, 0.29) is 7.43 Å². The zero-order chi connectivity index (χ0) is 9.40. The van der Waals surface area contributed by atoms with Crippen LogP contribution < -0.4 is 0 Å². The first-order chi connectivity index (χ1) is 5.84. The summed E-state index contributed by atoms with van der Waals surface area (Å²) < 4.78 is 0.